The van der Waals surface area contributed by atoms with Crippen molar-refractivity contribution < 1.29 is 4.74 Å². The SMILES string of the molecule is CCCC(COC)N1CCNC2(CCCC2)C1. The Balaban J connectivity index is 1.94. The van der Waals surface area contributed by atoms with E-state index in [9.17, 15) is 0 Å². The molecule has 2 fully saturated rings. The lowest BCUT2D eigenvalue weighted by molar-refractivity contribution is 0.0417. The Hall–Kier alpha value is -0.120. The van der Waals surface area contributed by atoms with Crippen LogP contribution >= 0.6 is 0 Å². The molecule has 100 valence electrons. The van der Waals surface area contributed by atoms with Crippen LogP contribution in [0.5, 0.6) is 0 Å². The van der Waals surface area contributed by atoms with Crippen LogP contribution in [0.25, 0.3) is 0 Å². The summed E-state index contributed by atoms with van der Waals surface area (Å²) in [4.78, 5) is 2.68. The van der Waals surface area contributed by atoms with Crippen molar-refractivity contribution in [3.05, 3.63) is 0 Å². The Morgan fingerprint density at radius 1 is 1.35 bits per heavy atom. The molecule has 1 atom stereocenters. The Morgan fingerprint density at radius 3 is 2.76 bits per heavy atom. The first-order valence-corrected chi connectivity index (χ1v) is 7.28. The molecule has 1 unspecified atom stereocenters. The van der Waals surface area contributed by atoms with E-state index in [0.29, 0.717) is 11.6 Å². The van der Waals surface area contributed by atoms with Crippen molar-refractivity contribution in [2.24, 2.45) is 0 Å². The Labute approximate surface area is 106 Å². The van der Waals surface area contributed by atoms with Gasteiger partial charge in [0.1, 0.15) is 0 Å². The number of nitrogens with one attached hydrogen (secondary N) is 1. The van der Waals surface area contributed by atoms with E-state index in [1.54, 1.807) is 0 Å². The molecule has 1 heterocycles. The van der Waals surface area contributed by atoms with Crippen LogP contribution in [-0.2, 0) is 4.74 Å². The fourth-order valence-corrected chi connectivity index (χ4v) is 3.58. The van der Waals surface area contributed by atoms with E-state index >= 15 is 0 Å². The Morgan fingerprint density at radius 2 is 2.12 bits per heavy atom. The Kier molecular flexibility index (Phi) is 4.83. The molecule has 2 rings (SSSR count). The molecule has 0 amide bonds. The van der Waals surface area contributed by atoms with Gasteiger partial charge in [0.05, 0.1) is 6.61 Å². The van der Waals surface area contributed by atoms with Crippen LogP contribution in [0.2, 0.25) is 0 Å². The molecule has 1 saturated carbocycles. The minimum atomic E-state index is 0.442. The van der Waals surface area contributed by atoms with Crippen LogP contribution in [0.1, 0.15) is 45.4 Å². The van der Waals surface area contributed by atoms with Crippen molar-refractivity contribution in [3.63, 3.8) is 0 Å². The first-order valence-electron chi connectivity index (χ1n) is 7.28. The fourth-order valence-electron chi connectivity index (χ4n) is 3.58. The summed E-state index contributed by atoms with van der Waals surface area (Å²) < 4.78 is 5.40. The highest BCUT2D eigenvalue weighted by Gasteiger charge is 2.39. The standard InChI is InChI=1S/C14H28N2O/c1-3-6-13(11-17-2)16-10-9-15-14(12-16)7-4-5-8-14/h13,15H,3-12H2,1-2H3. The fraction of sp³-hybridized carbons (Fsp3) is 1.00. The van der Waals surface area contributed by atoms with Crippen LogP contribution in [0.3, 0.4) is 0 Å². The number of rotatable bonds is 5. The van der Waals surface area contributed by atoms with Crippen molar-refractivity contribution >= 4 is 0 Å². The van der Waals surface area contributed by atoms with E-state index in [-0.39, 0.29) is 0 Å². The van der Waals surface area contributed by atoms with Gasteiger partial charge in [-0.25, -0.2) is 0 Å². The molecule has 0 aromatic rings. The molecule has 0 aromatic carbocycles. The largest absolute Gasteiger partial charge is 0.383 e. The third kappa shape index (κ3) is 3.21. The second-order valence-electron chi connectivity index (χ2n) is 5.78. The van der Waals surface area contributed by atoms with Crippen molar-refractivity contribution in [3.8, 4) is 0 Å². The van der Waals surface area contributed by atoms with Crippen molar-refractivity contribution in [2.45, 2.75) is 57.0 Å². The van der Waals surface area contributed by atoms with Gasteiger partial charge in [-0.3, -0.25) is 4.90 Å². The summed E-state index contributed by atoms with van der Waals surface area (Å²) >= 11 is 0. The van der Waals surface area contributed by atoms with Crippen LogP contribution < -0.4 is 5.32 Å². The van der Waals surface area contributed by atoms with E-state index in [1.165, 1.54) is 51.6 Å². The number of piperazine rings is 1. The van der Waals surface area contributed by atoms with Crippen molar-refractivity contribution in [1.29, 1.82) is 0 Å². The number of hydrogen-bond donors (Lipinski definition) is 1. The molecule has 1 spiro atoms. The third-order valence-electron chi connectivity index (χ3n) is 4.46. The van der Waals surface area contributed by atoms with Crippen LogP contribution in [0.4, 0.5) is 0 Å². The first kappa shape index (κ1) is 13.3. The van der Waals surface area contributed by atoms with Gasteiger partial charge in [-0.05, 0) is 19.3 Å². The average molecular weight is 240 g/mol. The smallest absolute Gasteiger partial charge is 0.0618 e. The second-order valence-corrected chi connectivity index (χ2v) is 5.78. The molecule has 0 bridgehead atoms. The number of hydrogen-bond acceptors (Lipinski definition) is 3. The minimum absolute atomic E-state index is 0.442. The van der Waals surface area contributed by atoms with Crippen LogP contribution in [-0.4, -0.2) is 49.8 Å². The molecule has 2 aliphatic rings. The molecule has 1 N–H and O–H groups in total. The van der Waals surface area contributed by atoms with Crippen molar-refractivity contribution in [1.82, 2.24) is 10.2 Å². The summed E-state index contributed by atoms with van der Waals surface area (Å²) in [5, 5.41) is 3.78. The average Bonchev–Trinajstić information content (AvgIpc) is 2.77. The predicted molar refractivity (Wildman–Crippen MR) is 71.3 cm³/mol. The van der Waals surface area contributed by atoms with Gasteiger partial charge in [0.2, 0.25) is 0 Å². The summed E-state index contributed by atoms with van der Waals surface area (Å²) in [7, 11) is 1.83. The zero-order valence-electron chi connectivity index (χ0n) is 11.5. The lowest BCUT2D eigenvalue weighted by Gasteiger charge is -2.44. The van der Waals surface area contributed by atoms with Gasteiger partial charge >= 0.3 is 0 Å². The number of methoxy groups -OCH3 is 1. The quantitative estimate of drug-likeness (QED) is 0.795. The van der Waals surface area contributed by atoms with Gasteiger partial charge in [-0.1, -0.05) is 26.2 Å². The summed E-state index contributed by atoms with van der Waals surface area (Å²) in [6.45, 7) is 6.75. The maximum Gasteiger partial charge on any atom is 0.0618 e. The second kappa shape index (κ2) is 6.17. The lowest BCUT2D eigenvalue weighted by atomic mass is 9.93. The summed E-state index contributed by atoms with van der Waals surface area (Å²) in [5.41, 5.74) is 0.442. The molecular formula is C14H28N2O. The number of nitrogens with zero attached hydrogens (tertiary/aromatic N) is 1. The van der Waals surface area contributed by atoms with E-state index in [4.69, 9.17) is 4.74 Å². The van der Waals surface area contributed by atoms with Crippen LogP contribution in [0, 0.1) is 0 Å². The molecule has 3 nitrogen and oxygen atoms in total. The molecule has 1 saturated heterocycles. The predicted octanol–water partition coefficient (Wildman–Crippen LogP) is 2.02. The van der Waals surface area contributed by atoms with Gasteiger partial charge < -0.3 is 10.1 Å². The van der Waals surface area contributed by atoms with E-state index in [2.05, 4.69) is 17.1 Å². The zero-order valence-corrected chi connectivity index (χ0v) is 11.5. The maximum atomic E-state index is 5.40. The molecule has 0 radical (unpaired) electrons. The molecule has 1 aliphatic carbocycles. The molecule has 3 heteroatoms. The van der Waals surface area contributed by atoms with Gasteiger partial charge in [0.15, 0.2) is 0 Å². The summed E-state index contributed by atoms with van der Waals surface area (Å²) in [6.07, 6.45) is 8.08. The third-order valence-corrected chi connectivity index (χ3v) is 4.46. The highest BCUT2D eigenvalue weighted by molar-refractivity contribution is 4.99. The van der Waals surface area contributed by atoms with Crippen LogP contribution in [0.15, 0.2) is 0 Å². The Bertz CT molecular complexity index is 220. The van der Waals surface area contributed by atoms with E-state index < -0.39 is 0 Å². The normalized spacial score (nSPS) is 26.5. The molecular weight excluding hydrogens is 212 g/mol. The summed E-state index contributed by atoms with van der Waals surface area (Å²) in [5.74, 6) is 0. The molecule has 1 aliphatic heterocycles. The van der Waals surface area contributed by atoms with Crippen molar-refractivity contribution in [2.75, 3.05) is 33.4 Å². The van der Waals surface area contributed by atoms with Gasteiger partial charge in [-0.15, -0.1) is 0 Å². The topological polar surface area (TPSA) is 24.5 Å². The van der Waals surface area contributed by atoms with Gasteiger partial charge in [0, 0.05) is 38.3 Å². The zero-order chi connectivity index (χ0) is 12.1. The summed E-state index contributed by atoms with van der Waals surface area (Å²) in [6, 6.07) is 0.629. The van der Waals surface area contributed by atoms with Gasteiger partial charge in [-0.2, -0.15) is 0 Å². The van der Waals surface area contributed by atoms with E-state index in [1.807, 2.05) is 7.11 Å². The number of ether oxygens (including phenoxy) is 1. The van der Waals surface area contributed by atoms with E-state index in [0.717, 1.165) is 13.2 Å². The highest BCUT2D eigenvalue weighted by atomic mass is 16.5. The minimum Gasteiger partial charge on any atom is -0.383 e. The lowest BCUT2D eigenvalue weighted by Crippen LogP contribution is -2.61. The maximum absolute atomic E-state index is 5.40. The highest BCUT2D eigenvalue weighted by Crippen LogP contribution is 2.32. The first-order chi connectivity index (χ1) is 8.29. The molecule has 0 aromatic heterocycles. The monoisotopic (exact) mass is 240 g/mol. The van der Waals surface area contributed by atoms with Gasteiger partial charge in [0.25, 0.3) is 0 Å². The molecule has 17 heavy (non-hydrogen) atoms.